The van der Waals surface area contributed by atoms with Crippen molar-refractivity contribution in [3.05, 3.63) is 11.8 Å². The van der Waals surface area contributed by atoms with E-state index in [9.17, 15) is 0 Å². The summed E-state index contributed by atoms with van der Waals surface area (Å²) in [6.45, 7) is 6.33. The van der Waals surface area contributed by atoms with E-state index in [-0.39, 0.29) is 0 Å². The van der Waals surface area contributed by atoms with E-state index >= 15 is 0 Å². The predicted octanol–water partition coefficient (Wildman–Crippen LogP) is 1.77. The van der Waals surface area contributed by atoms with Crippen LogP contribution >= 0.6 is 0 Å². The SMILES string of the molecule is CCCn1c(C#N)cc(N)c1OCCOCC. The number of hydrogen-bond acceptors (Lipinski definition) is 4. The molecular weight excluding hydrogens is 218 g/mol. The van der Waals surface area contributed by atoms with Crippen LogP contribution in [-0.2, 0) is 11.3 Å². The average Bonchev–Trinajstić information content (AvgIpc) is 2.62. The fourth-order valence-electron chi connectivity index (χ4n) is 1.59. The first-order valence-electron chi connectivity index (χ1n) is 5.84. The molecule has 0 aromatic carbocycles. The lowest BCUT2D eigenvalue weighted by Gasteiger charge is -2.11. The Hall–Kier alpha value is -1.67. The van der Waals surface area contributed by atoms with E-state index in [1.807, 2.05) is 13.8 Å². The van der Waals surface area contributed by atoms with Crippen LogP contribution in [0.3, 0.4) is 0 Å². The van der Waals surface area contributed by atoms with Crippen LogP contribution in [0.15, 0.2) is 6.07 Å². The number of nitrogens with zero attached hydrogens (tertiary/aromatic N) is 2. The summed E-state index contributed by atoms with van der Waals surface area (Å²) < 4.78 is 12.6. The second kappa shape index (κ2) is 6.81. The molecule has 5 nitrogen and oxygen atoms in total. The fraction of sp³-hybridized carbons (Fsp3) is 0.583. The van der Waals surface area contributed by atoms with Gasteiger partial charge in [0.1, 0.15) is 18.4 Å². The molecule has 17 heavy (non-hydrogen) atoms. The first-order valence-corrected chi connectivity index (χ1v) is 5.84. The van der Waals surface area contributed by atoms with E-state index in [0.717, 1.165) is 13.0 Å². The van der Waals surface area contributed by atoms with Crippen LogP contribution in [-0.4, -0.2) is 24.4 Å². The van der Waals surface area contributed by atoms with Crippen LogP contribution in [0.4, 0.5) is 5.69 Å². The van der Waals surface area contributed by atoms with Crippen LogP contribution in [0.2, 0.25) is 0 Å². The smallest absolute Gasteiger partial charge is 0.218 e. The van der Waals surface area contributed by atoms with Gasteiger partial charge in [-0.1, -0.05) is 6.92 Å². The third kappa shape index (κ3) is 3.40. The van der Waals surface area contributed by atoms with E-state index < -0.39 is 0 Å². The quantitative estimate of drug-likeness (QED) is 0.733. The number of aromatic nitrogens is 1. The predicted molar refractivity (Wildman–Crippen MR) is 65.8 cm³/mol. The lowest BCUT2D eigenvalue weighted by Crippen LogP contribution is -2.11. The Kier molecular flexibility index (Phi) is 5.37. The molecule has 1 rings (SSSR count). The molecule has 0 atom stereocenters. The van der Waals surface area contributed by atoms with Crippen LogP contribution < -0.4 is 10.5 Å². The molecule has 0 radical (unpaired) electrons. The van der Waals surface area contributed by atoms with Gasteiger partial charge in [-0.25, -0.2) is 0 Å². The molecule has 94 valence electrons. The summed E-state index contributed by atoms with van der Waals surface area (Å²) >= 11 is 0. The summed E-state index contributed by atoms with van der Waals surface area (Å²) in [5, 5.41) is 8.99. The number of nitriles is 1. The van der Waals surface area contributed by atoms with E-state index in [1.54, 1.807) is 10.6 Å². The molecule has 0 saturated carbocycles. The molecule has 0 unspecified atom stereocenters. The number of hydrogen-bond donors (Lipinski definition) is 1. The topological polar surface area (TPSA) is 73.2 Å². The van der Waals surface area contributed by atoms with E-state index in [0.29, 0.717) is 37.1 Å². The van der Waals surface area contributed by atoms with Crippen molar-refractivity contribution >= 4 is 5.69 Å². The Balaban J connectivity index is 2.75. The van der Waals surface area contributed by atoms with Gasteiger partial charge >= 0.3 is 0 Å². The lowest BCUT2D eigenvalue weighted by molar-refractivity contribution is 0.107. The number of nitrogen functional groups attached to an aromatic ring is 1. The fourth-order valence-corrected chi connectivity index (χ4v) is 1.59. The summed E-state index contributed by atoms with van der Waals surface area (Å²) in [6.07, 6.45) is 0.921. The number of rotatable bonds is 7. The Labute approximate surface area is 102 Å². The molecule has 2 N–H and O–H groups in total. The molecule has 0 spiro atoms. The molecule has 0 fully saturated rings. The largest absolute Gasteiger partial charge is 0.475 e. The van der Waals surface area contributed by atoms with Crippen molar-refractivity contribution in [1.29, 1.82) is 5.26 Å². The van der Waals surface area contributed by atoms with Gasteiger partial charge in [-0.15, -0.1) is 0 Å². The van der Waals surface area contributed by atoms with Gasteiger partial charge in [0.05, 0.1) is 12.3 Å². The number of nitrogens with two attached hydrogens (primary N) is 1. The van der Waals surface area contributed by atoms with Crippen molar-refractivity contribution in [3.8, 4) is 11.9 Å². The lowest BCUT2D eigenvalue weighted by atomic mass is 10.4. The number of ether oxygens (including phenoxy) is 2. The van der Waals surface area contributed by atoms with Gasteiger partial charge < -0.3 is 19.8 Å². The Morgan fingerprint density at radius 1 is 1.41 bits per heavy atom. The zero-order chi connectivity index (χ0) is 12.7. The molecule has 1 heterocycles. The van der Waals surface area contributed by atoms with Crippen LogP contribution in [0.25, 0.3) is 0 Å². The van der Waals surface area contributed by atoms with Crippen LogP contribution in [0, 0.1) is 11.3 Å². The minimum absolute atomic E-state index is 0.441. The van der Waals surface area contributed by atoms with E-state index in [2.05, 4.69) is 6.07 Å². The van der Waals surface area contributed by atoms with Gasteiger partial charge in [-0.3, -0.25) is 0 Å². The highest BCUT2D eigenvalue weighted by atomic mass is 16.5. The molecule has 1 aromatic rings. The minimum Gasteiger partial charge on any atom is -0.475 e. The van der Waals surface area contributed by atoms with Crippen molar-refractivity contribution in [2.75, 3.05) is 25.6 Å². The highest BCUT2D eigenvalue weighted by Crippen LogP contribution is 2.26. The molecule has 0 aliphatic carbocycles. The highest BCUT2D eigenvalue weighted by molar-refractivity contribution is 5.55. The third-order valence-corrected chi connectivity index (χ3v) is 2.31. The van der Waals surface area contributed by atoms with Gasteiger partial charge in [0, 0.05) is 19.2 Å². The molecule has 1 aromatic heterocycles. The molecule has 5 heteroatoms. The summed E-state index contributed by atoms with van der Waals surface area (Å²) in [4.78, 5) is 0. The highest BCUT2D eigenvalue weighted by Gasteiger charge is 2.13. The Morgan fingerprint density at radius 3 is 2.76 bits per heavy atom. The van der Waals surface area contributed by atoms with Crippen molar-refractivity contribution < 1.29 is 9.47 Å². The maximum Gasteiger partial charge on any atom is 0.218 e. The number of anilines is 1. The standard InChI is InChI=1S/C12H19N3O2/c1-3-5-15-10(9-13)8-11(14)12(15)17-7-6-16-4-2/h8H,3-7,14H2,1-2H3. The zero-order valence-corrected chi connectivity index (χ0v) is 10.4. The van der Waals surface area contributed by atoms with Gasteiger partial charge in [-0.2, -0.15) is 5.26 Å². The van der Waals surface area contributed by atoms with E-state index in [4.69, 9.17) is 20.5 Å². The monoisotopic (exact) mass is 237 g/mol. The Bertz CT molecular complexity index is 393. The molecule has 0 aliphatic heterocycles. The summed E-state index contributed by atoms with van der Waals surface area (Å²) in [7, 11) is 0. The summed E-state index contributed by atoms with van der Waals surface area (Å²) in [5.74, 6) is 0.572. The normalized spacial score (nSPS) is 10.2. The maximum atomic E-state index is 8.99. The zero-order valence-electron chi connectivity index (χ0n) is 10.4. The van der Waals surface area contributed by atoms with Crippen molar-refractivity contribution in [1.82, 2.24) is 4.57 Å². The molecule has 0 saturated heterocycles. The Morgan fingerprint density at radius 2 is 2.18 bits per heavy atom. The minimum atomic E-state index is 0.441. The molecule has 0 bridgehead atoms. The average molecular weight is 237 g/mol. The summed E-state index contributed by atoms with van der Waals surface area (Å²) in [5.41, 5.74) is 6.87. The molecular formula is C12H19N3O2. The molecule has 0 amide bonds. The first kappa shape index (κ1) is 13.4. The van der Waals surface area contributed by atoms with Gasteiger partial charge in [-0.05, 0) is 13.3 Å². The second-order valence-corrected chi connectivity index (χ2v) is 3.60. The van der Waals surface area contributed by atoms with Crippen molar-refractivity contribution in [2.24, 2.45) is 0 Å². The van der Waals surface area contributed by atoms with Crippen LogP contribution in [0.5, 0.6) is 5.88 Å². The van der Waals surface area contributed by atoms with Crippen LogP contribution in [0.1, 0.15) is 26.0 Å². The second-order valence-electron chi connectivity index (χ2n) is 3.60. The van der Waals surface area contributed by atoms with Crippen molar-refractivity contribution in [2.45, 2.75) is 26.8 Å². The maximum absolute atomic E-state index is 8.99. The third-order valence-electron chi connectivity index (χ3n) is 2.31. The molecule has 0 aliphatic rings. The summed E-state index contributed by atoms with van der Waals surface area (Å²) in [6, 6.07) is 3.76. The van der Waals surface area contributed by atoms with Gasteiger partial charge in [0.2, 0.25) is 5.88 Å². The van der Waals surface area contributed by atoms with Gasteiger partial charge in [0.25, 0.3) is 0 Å². The first-order chi connectivity index (χ1) is 8.24. The van der Waals surface area contributed by atoms with Crippen molar-refractivity contribution in [3.63, 3.8) is 0 Å². The van der Waals surface area contributed by atoms with Gasteiger partial charge in [0.15, 0.2) is 0 Å². The van der Waals surface area contributed by atoms with E-state index in [1.165, 1.54) is 0 Å².